The van der Waals surface area contributed by atoms with Crippen molar-refractivity contribution in [3.05, 3.63) is 11.9 Å². The van der Waals surface area contributed by atoms with Crippen LogP contribution in [0, 0.1) is 5.92 Å². The quantitative estimate of drug-likeness (QED) is 0.905. The third kappa shape index (κ3) is 3.25. The van der Waals surface area contributed by atoms with E-state index in [2.05, 4.69) is 10.3 Å². The Morgan fingerprint density at radius 3 is 2.83 bits per heavy atom. The van der Waals surface area contributed by atoms with E-state index in [-0.39, 0.29) is 18.8 Å². The summed E-state index contributed by atoms with van der Waals surface area (Å²) in [5, 5.41) is 7.96. The normalized spacial score (nSPS) is 24.2. The lowest BCUT2D eigenvalue weighted by molar-refractivity contribution is -0.0552. The van der Waals surface area contributed by atoms with E-state index in [1.54, 1.807) is 10.9 Å². The molecule has 1 unspecified atom stereocenters. The van der Waals surface area contributed by atoms with Crippen LogP contribution in [0.4, 0.5) is 8.78 Å². The third-order valence-corrected chi connectivity index (χ3v) is 3.39. The zero-order valence-corrected chi connectivity index (χ0v) is 10.9. The molecule has 2 N–H and O–H groups in total. The second kappa shape index (κ2) is 4.57. The Morgan fingerprint density at radius 2 is 2.28 bits per heavy atom. The van der Waals surface area contributed by atoms with Crippen molar-refractivity contribution < 1.29 is 8.78 Å². The van der Waals surface area contributed by atoms with Crippen molar-refractivity contribution in [2.24, 2.45) is 11.7 Å². The van der Waals surface area contributed by atoms with Gasteiger partial charge in [-0.15, -0.1) is 5.10 Å². The Kier molecular flexibility index (Phi) is 3.40. The molecule has 0 amide bonds. The highest BCUT2D eigenvalue weighted by atomic mass is 19.3. The minimum absolute atomic E-state index is 0.0158. The van der Waals surface area contributed by atoms with Crippen LogP contribution in [0.15, 0.2) is 6.20 Å². The van der Waals surface area contributed by atoms with Crippen LogP contribution in [0.25, 0.3) is 0 Å². The van der Waals surface area contributed by atoms with Gasteiger partial charge >= 0.3 is 0 Å². The highest BCUT2D eigenvalue weighted by molar-refractivity contribution is 5.05. The van der Waals surface area contributed by atoms with Crippen LogP contribution >= 0.6 is 0 Å². The number of nitrogens with two attached hydrogens (primary N) is 1. The molecule has 0 aliphatic heterocycles. The molecular weight excluding hydrogens is 238 g/mol. The van der Waals surface area contributed by atoms with Gasteiger partial charge in [-0.3, -0.25) is 4.68 Å². The minimum Gasteiger partial charge on any atom is -0.320 e. The van der Waals surface area contributed by atoms with E-state index in [0.717, 1.165) is 6.42 Å². The molecule has 0 saturated heterocycles. The Labute approximate surface area is 106 Å². The summed E-state index contributed by atoms with van der Waals surface area (Å²) < 4.78 is 28.2. The molecule has 1 heterocycles. The van der Waals surface area contributed by atoms with Crippen LogP contribution in [0.2, 0.25) is 0 Å². The van der Waals surface area contributed by atoms with Gasteiger partial charge in [0.25, 0.3) is 0 Å². The van der Waals surface area contributed by atoms with Gasteiger partial charge in [-0.25, -0.2) is 8.78 Å². The smallest absolute Gasteiger partial charge is 0.248 e. The fourth-order valence-electron chi connectivity index (χ4n) is 2.38. The lowest BCUT2D eigenvalue weighted by atomic mass is 9.86. The highest BCUT2D eigenvalue weighted by Gasteiger charge is 2.36. The standard InChI is InChI=1S/C12H20F2N4/c1-11(2,15)10-8-18(17-16-10)7-9-4-3-5-12(13,14)6-9/h8-9H,3-7,15H2,1-2H3. The first-order chi connectivity index (χ1) is 8.26. The van der Waals surface area contributed by atoms with Crippen LogP contribution in [0.1, 0.15) is 45.2 Å². The van der Waals surface area contributed by atoms with Gasteiger partial charge in [0.2, 0.25) is 5.92 Å². The average molecular weight is 258 g/mol. The van der Waals surface area contributed by atoms with Crippen molar-refractivity contribution in [1.29, 1.82) is 0 Å². The van der Waals surface area contributed by atoms with Crippen molar-refractivity contribution >= 4 is 0 Å². The number of nitrogens with zero attached hydrogens (tertiary/aromatic N) is 3. The van der Waals surface area contributed by atoms with E-state index in [4.69, 9.17) is 5.73 Å². The molecule has 2 rings (SSSR count). The van der Waals surface area contributed by atoms with Crippen molar-refractivity contribution in [3.8, 4) is 0 Å². The summed E-state index contributed by atoms with van der Waals surface area (Å²) in [7, 11) is 0. The highest BCUT2D eigenvalue weighted by Crippen LogP contribution is 2.37. The maximum absolute atomic E-state index is 13.3. The van der Waals surface area contributed by atoms with Crippen LogP contribution in [0.3, 0.4) is 0 Å². The summed E-state index contributed by atoms with van der Waals surface area (Å²) in [6, 6.07) is 0. The van der Waals surface area contributed by atoms with Crippen LogP contribution in [0.5, 0.6) is 0 Å². The Balaban J connectivity index is 1.99. The third-order valence-electron chi connectivity index (χ3n) is 3.39. The van der Waals surface area contributed by atoms with Crippen molar-refractivity contribution in [1.82, 2.24) is 15.0 Å². The Bertz CT molecular complexity index is 408. The zero-order valence-electron chi connectivity index (χ0n) is 10.9. The summed E-state index contributed by atoms with van der Waals surface area (Å²) >= 11 is 0. The summed E-state index contributed by atoms with van der Waals surface area (Å²) in [5.41, 5.74) is 6.05. The molecule has 0 bridgehead atoms. The largest absolute Gasteiger partial charge is 0.320 e. The molecule has 1 aliphatic carbocycles. The van der Waals surface area contributed by atoms with E-state index < -0.39 is 11.5 Å². The van der Waals surface area contributed by atoms with Crippen LogP contribution < -0.4 is 5.73 Å². The van der Waals surface area contributed by atoms with Gasteiger partial charge in [0, 0.05) is 19.4 Å². The van der Waals surface area contributed by atoms with Crippen molar-refractivity contribution in [2.75, 3.05) is 0 Å². The lowest BCUT2D eigenvalue weighted by Gasteiger charge is -2.28. The molecule has 4 nitrogen and oxygen atoms in total. The van der Waals surface area contributed by atoms with Crippen molar-refractivity contribution in [3.63, 3.8) is 0 Å². The fourth-order valence-corrected chi connectivity index (χ4v) is 2.38. The predicted molar refractivity (Wildman–Crippen MR) is 64.1 cm³/mol. The fraction of sp³-hybridized carbons (Fsp3) is 0.833. The van der Waals surface area contributed by atoms with Crippen molar-refractivity contribution in [2.45, 2.75) is 57.5 Å². The van der Waals surface area contributed by atoms with Crippen LogP contribution in [-0.2, 0) is 12.1 Å². The van der Waals surface area contributed by atoms with E-state index in [1.165, 1.54) is 0 Å². The molecule has 1 aromatic heterocycles. The molecule has 1 fully saturated rings. The van der Waals surface area contributed by atoms with E-state index in [9.17, 15) is 8.78 Å². The topological polar surface area (TPSA) is 56.7 Å². The monoisotopic (exact) mass is 258 g/mol. The summed E-state index contributed by atoms with van der Waals surface area (Å²) in [5.74, 6) is -2.54. The number of hydrogen-bond donors (Lipinski definition) is 1. The van der Waals surface area contributed by atoms with Gasteiger partial charge in [-0.05, 0) is 32.6 Å². The van der Waals surface area contributed by atoms with Gasteiger partial charge in [0.05, 0.1) is 11.7 Å². The second-order valence-corrected chi connectivity index (χ2v) is 5.87. The summed E-state index contributed by atoms with van der Waals surface area (Å²) in [4.78, 5) is 0. The van der Waals surface area contributed by atoms with Gasteiger partial charge in [-0.1, -0.05) is 5.21 Å². The molecule has 0 radical (unpaired) electrons. The van der Waals surface area contributed by atoms with Gasteiger partial charge < -0.3 is 5.73 Å². The molecule has 0 aromatic carbocycles. The molecule has 0 spiro atoms. The molecule has 1 aliphatic rings. The summed E-state index contributed by atoms with van der Waals surface area (Å²) in [6.45, 7) is 4.19. The number of hydrogen-bond acceptors (Lipinski definition) is 3. The first-order valence-corrected chi connectivity index (χ1v) is 6.34. The summed E-state index contributed by atoms with van der Waals surface area (Å²) in [6.07, 6.45) is 3.14. The van der Waals surface area contributed by atoms with E-state index >= 15 is 0 Å². The molecule has 102 valence electrons. The second-order valence-electron chi connectivity index (χ2n) is 5.87. The number of aromatic nitrogens is 3. The lowest BCUT2D eigenvalue weighted by Crippen LogP contribution is -2.29. The van der Waals surface area contributed by atoms with Gasteiger partial charge in [0.15, 0.2) is 0 Å². The molecule has 1 saturated carbocycles. The minimum atomic E-state index is -2.51. The molecule has 6 heteroatoms. The van der Waals surface area contributed by atoms with Crippen LogP contribution in [-0.4, -0.2) is 20.9 Å². The molecule has 1 atom stereocenters. The van der Waals surface area contributed by atoms with Gasteiger partial charge in [0.1, 0.15) is 5.69 Å². The predicted octanol–water partition coefficient (Wildman–Crippen LogP) is 2.30. The average Bonchev–Trinajstić information content (AvgIpc) is 2.63. The van der Waals surface area contributed by atoms with E-state index in [1.807, 2.05) is 13.8 Å². The number of alkyl halides is 2. The first-order valence-electron chi connectivity index (χ1n) is 6.34. The zero-order chi connectivity index (χ0) is 13.4. The first kappa shape index (κ1) is 13.4. The Morgan fingerprint density at radius 1 is 1.56 bits per heavy atom. The maximum Gasteiger partial charge on any atom is 0.248 e. The SMILES string of the molecule is CC(C)(N)c1cn(CC2CCCC(F)(F)C2)nn1. The van der Waals surface area contributed by atoms with Gasteiger partial charge in [-0.2, -0.15) is 0 Å². The molecule has 18 heavy (non-hydrogen) atoms. The Hall–Kier alpha value is -1.04. The number of rotatable bonds is 3. The molecular formula is C12H20F2N4. The number of halogens is 2. The van der Waals surface area contributed by atoms with E-state index in [0.29, 0.717) is 18.7 Å². The molecule has 1 aromatic rings. The maximum atomic E-state index is 13.3.